The highest BCUT2D eigenvalue weighted by Gasteiger charge is 2.27. The molecule has 0 bridgehead atoms. The summed E-state index contributed by atoms with van der Waals surface area (Å²) in [5.41, 5.74) is 0.890. The Kier molecular flexibility index (Phi) is 4.84. The second-order valence-corrected chi connectivity index (χ2v) is 9.64. The highest BCUT2D eigenvalue weighted by molar-refractivity contribution is 7.94. The Morgan fingerprint density at radius 2 is 1.88 bits per heavy atom. The third-order valence-electron chi connectivity index (χ3n) is 5.45. The average Bonchev–Trinajstić information content (AvgIpc) is 3.46. The van der Waals surface area contributed by atoms with Crippen LogP contribution in [0.25, 0.3) is 0 Å². The minimum absolute atomic E-state index is 0.0949. The van der Waals surface area contributed by atoms with Crippen molar-refractivity contribution in [1.82, 2.24) is 15.1 Å². The van der Waals surface area contributed by atoms with Gasteiger partial charge in [-0.05, 0) is 43.4 Å². The Morgan fingerprint density at radius 3 is 2.42 bits per heavy atom. The molecule has 140 valence electrons. The first-order valence-electron chi connectivity index (χ1n) is 9.38. The number of nitrogens with zero attached hydrogens (tertiary/aromatic N) is 4. The van der Waals surface area contributed by atoms with Crippen molar-refractivity contribution in [3.8, 4) is 0 Å². The zero-order chi connectivity index (χ0) is 18.1. The van der Waals surface area contributed by atoms with Crippen LogP contribution in [-0.4, -0.2) is 62.5 Å². The first kappa shape index (κ1) is 17.7. The topological polar surface area (TPSA) is 66.4 Å². The third-order valence-corrected chi connectivity index (χ3v) is 6.61. The SMILES string of the molecule is CS(=O)(=O)C1=CCC(c2ccc(N3CCN(CC4CC4)CC3)nn2)C=C1. The first-order valence-corrected chi connectivity index (χ1v) is 11.3. The summed E-state index contributed by atoms with van der Waals surface area (Å²) in [6, 6.07) is 4.07. The number of anilines is 1. The maximum Gasteiger partial charge on any atom is 0.175 e. The van der Waals surface area contributed by atoms with E-state index in [1.54, 1.807) is 12.2 Å². The van der Waals surface area contributed by atoms with Crippen molar-refractivity contribution in [3.63, 3.8) is 0 Å². The van der Waals surface area contributed by atoms with Crippen LogP contribution in [0.5, 0.6) is 0 Å². The van der Waals surface area contributed by atoms with E-state index in [-0.39, 0.29) is 5.92 Å². The summed E-state index contributed by atoms with van der Waals surface area (Å²) in [5, 5.41) is 8.84. The Morgan fingerprint density at radius 1 is 1.12 bits per heavy atom. The fraction of sp³-hybridized carbons (Fsp3) is 0.579. The molecule has 2 fully saturated rings. The van der Waals surface area contributed by atoms with Gasteiger partial charge in [-0.1, -0.05) is 12.2 Å². The molecule has 6 nitrogen and oxygen atoms in total. The lowest BCUT2D eigenvalue weighted by Gasteiger charge is -2.35. The van der Waals surface area contributed by atoms with E-state index in [2.05, 4.69) is 20.0 Å². The van der Waals surface area contributed by atoms with Crippen molar-refractivity contribution in [2.75, 3.05) is 43.9 Å². The summed E-state index contributed by atoms with van der Waals surface area (Å²) in [6.07, 6.45) is 10.1. The van der Waals surface area contributed by atoms with E-state index in [1.165, 1.54) is 25.6 Å². The molecule has 7 heteroatoms. The van der Waals surface area contributed by atoms with Gasteiger partial charge in [0, 0.05) is 44.9 Å². The molecule has 2 heterocycles. The van der Waals surface area contributed by atoms with Crippen molar-refractivity contribution in [2.45, 2.75) is 25.2 Å². The first-order chi connectivity index (χ1) is 12.5. The lowest BCUT2D eigenvalue weighted by molar-refractivity contribution is 0.247. The van der Waals surface area contributed by atoms with Gasteiger partial charge in [-0.25, -0.2) is 8.42 Å². The molecule has 0 radical (unpaired) electrons. The average molecular weight is 375 g/mol. The van der Waals surface area contributed by atoms with Crippen LogP contribution in [-0.2, 0) is 9.84 Å². The molecular formula is C19H26N4O2S. The van der Waals surface area contributed by atoms with Gasteiger partial charge in [0.2, 0.25) is 0 Å². The number of hydrogen-bond donors (Lipinski definition) is 0. The van der Waals surface area contributed by atoms with E-state index >= 15 is 0 Å². The van der Waals surface area contributed by atoms with Gasteiger partial charge >= 0.3 is 0 Å². The standard InChI is InChI=1S/C19H26N4O2S/c1-26(24,25)17-6-4-16(5-7-17)18-8-9-19(21-20-18)23-12-10-22(11-13-23)14-15-2-3-15/h4,6-9,15-16H,2-3,5,10-14H2,1H3. The van der Waals surface area contributed by atoms with Gasteiger partial charge in [0.15, 0.2) is 15.7 Å². The zero-order valence-corrected chi connectivity index (χ0v) is 16.0. The summed E-state index contributed by atoms with van der Waals surface area (Å²) in [4.78, 5) is 5.26. The number of aromatic nitrogens is 2. The van der Waals surface area contributed by atoms with Crippen LogP contribution < -0.4 is 4.90 Å². The Labute approximate surface area is 155 Å². The molecule has 1 aliphatic heterocycles. The van der Waals surface area contributed by atoms with E-state index < -0.39 is 9.84 Å². The van der Waals surface area contributed by atoms with E-state index in [0.717, 1.165) is 43.6 Å². The van der Waals surface area contributed by atoms with Gasteiger partial charge in [-0.15, -0.1) is 5.10 Å². The lowest BCUT2D eigenvalue weighted by atomic mass is 9.97. The molecule has 4 rings (SSSR count). The van der Waals surface area contributed by atoms with E-state index in [0.29, 0.717) is 11.3 Å². The van der Waals surface area contributed by atoms with E-state index in [4.69, 9.17) is 0 Å². The summed E-state index contributed by atoms with van der Waals surface area (Å²) in [7, 11) is -3.13. The second-order valence-electron chi connectivity index (χ2n) is 7.63. The molecule has 3 aliphatic rings. The molecule has 1 saturated heterocycles. The van der Waals surface area contributed by atoms with E-state index in [1.807, 2.05) is 18.2 Å². The number of piperazine rings is 1. The highest BCUT2D eigenvalue weighted by Crippen LogP contribution is 2.30. The molecule has 1 aromatic rings. The second kappa shape index (κ2) is 7.12. The van der Waals surface area contributed by atoms with Gasteiger partial charge in [-0.2, -0.15) is 5.10 Å². The molecule has 0 aromatic carbocycles. The van der Waals surface area contributed by atoms with Crippen LogP contribution in [0.3, 0.4) is 0 Å². The summed E-state index contributed by atoms with van der Waals surface area (Å²) >= 11 is 0. The number of hydrogen-bond acceptors (Lipinski definition) is 6. The monoisotopic (exact) mass is 374 g/mol. The third kappa shape index (κ3) is 4.15. The molecular weight excluding hydrogens is 348 g/mol. The Hall–Kier alpha value is -1.73. The van der Waals surface area contributed by atoms with Crippen LogP contribution >= 0.6 is 0 Å². The molecule has 2 aliphatic carbocycles. The largest absolute Gasteiger partial charge is 0.353 e. The molecule has 1 unspecified atom stereocenters. The molecule has 1 saturated carbocycles. The van der Waals surface area contributed by atoms with Crippen LogP contribution in [0.4, 0.5) is 5.82 Å². The van der Waals surface area contributed by atoms with E-state index in [9.17, 15) is 8.42 Å². The lowest BCUT2D eigenvalue weighted by Crippen LogP contribution is -2.47. The number of allylic oxidation sites excluding steroid dienone is 3. The molecule has 1 atom stereocenters. The molecule has 0 spiro atoms. The van der Waals surface area contributed by atoms with Crippen molar-refractivity contribution < 1.29 is 8.42 Å². The molecule has 1 aromatic heterocycles. The highest BCUT2D eigenvalue weighted by atomic mass is 32.2. The summed E-state index contributed by atoms with van der Waals surface area (Å²) < 4.78 is 23.2. The summed E-state index contributed by atoms with van der Waals surface area (Å²) in [5.74, 6) is 1.98. The predicted octanol–water partition coefficient (Wildman–Crippen LogP) is 1.98. The fourth-order valence-corrected chi connectivity index (χ4v) is 4.35. The Bertz CT molecular complexity index is 804. The van der Waals surface area contributed by atoms with Crippen LogP contribution in [0.2, 0.25) is 0 Å². The van der Waals surface area contributed by atoms with Crippen LogP contribution in [0.15, 0.2) is 35.3 Å². The minimum atomic E-state index is -3.13. The maximum absolute atomic E-state index is 11.6. The minimum Gasteiger partial charge on any atom is -0.353 e. The van der Waals surface area contributed by atoms with Gasteiger partial charge in [-0.3, -0.25) is 4.90 Å². The predicted molar refractivity (Wildman–Crippen MR) is 103 cm³/mol. The van der Waals surface area contributed by atoms with Crippen molar-refractivity contribution >= 4 is 15.7 Å². The Balaban J connectivity index is 1.34. The number of sulfone groups is 1. The van der Waals surface area contributed by atoms with Crippen molar-refractivity contribution in [2.24, 2.45) is 5.92 Å². The van der Waals surface area contributed by atoms with Crippen molar-refractivity contribution in [1.29, 1.82) is 0 Å². The van der Waals surface area contributed by atoms with Crippen LogP contribution in [0, 0.1) is 5.92 Å². The number of rotatable bonds is 5. The fourth-order valence-electron chi connectivity index (χ4n) is 3.62. The van der Waals surface area contributed by atoms with Gasteiger partial charge in [0.05, 0.1) is 10.6 Å². The van der Waals surface area contributed by atoms with Crippen molar-refractivity contribution in [3.05, 3.63) is 41.0 Å². The molecule has 0 amide bonds. The zero-order valence-electron chi connectivity index (χ0n) is 15.2. The maximum atomic E-state index is 11.6. The van der Waals surface area contributed by atoms with Gasteiger partial charge < -0.3 is 4.90 Å². The summed E-state index contributed by atoms with van der Waals surface area (Å²) in [6.45, 7) is 5.47. The smallest absolute Gasteiger partial charge is 0.175 e. The molecule has 0 N–H and O–H groups in total. The normalized spacial score (nSPS) is 24.6. The van der Waals surface area contributed by atoms with Crippen LogP contribution in [0.1, 0.15) is 30.9 Å². The van der Waals surface area contributed by atoms with Gasteiger partial charge in [0.1, 0.15) is 0 Å². The quantitative estimate of drug-likeness (QED) is 0.785. The van der Waals surface area contributed by atoms with Gasteiger partial charge in [0.25, 0.3) is 0 Å². The molecule has 26 heavy (non-hydrogen) atoms.